The summed E-state index contributed by atoms with van der Waals surface area (Å²) in [6, 6.07) is 8.59. The average Bonchev–Trinajstić information content (AvgIpc) is 2.81. The molecule has 1 aromatic carbocycles. The van der Waals surface area contributed by atoms with Gasteiger partial charge in [0.05, 0.1) is 0 Å². The second kappa shape index (κ2) is 4.48. The lowest BCUT2D eigenvalue weighted by Gasteiger charge is -2.42. The van der Waals surface area contributed by atoms with Crippen LogP contribution in [-0.4, -0.2) is 28.8 Å². The summed E-state index contributed by atoms with van der Waals surface area (Å²) in [5.41, 5.74) is 2.55. The molecule has 0 aliphatic carbocycles. The van der Waals surface area contributed by atoms with E-state index in [9.17, 15) is 0 Å². The summed E-state index contributed by atoms with van der Waals surface area (Å²) in [5.74, 6) is 0. The molecule has 4 heteroatoms. The van der Waals surface area contributed by atoms with Crippen LogP contribution >= 0.6 is 12.2 Å². The van der Waals surface area contributed by atoms with Crippen molar-refractivity contribution >= 4 is 23.0 Å². The molecule has 0 radical (unpaired) electrons. The standard InChI is InChI=1S/C16H21N3S/c1-4-10-17-14(20)19-11-9-15(2)12-7-5-6-8-13(12)18-16(15,19)3/h4-8,18H,1,9-11H2,2-3H3,(H,17,20)/t15-,16+/m1/s1. The second-order valence-corrected chi connectivity index (χ2v) is 6.34. The van der Waals surface area contributed by atoms with Crippen LogP contribution in [0.4, 0.5) is 5.69 Å². The summed E-state index contributed by atoms with van der Waals surface area (Å²) in [6.45, 7) is 9.99. The van der Waals surface area contributed by atoms with Gasteiger partial charge in [0.15, 0.2) is 5.11 Å². The molecular formula is C16H21N3S. The number of likely N-dealkylation sites (tertiary alicyclic amines) is 1. The van der Waals surface area contributed by atoms with Crippen molar-refractivity contribution in [3.05, 3.63) is 42.5 Å². The average molecular weight is 287 g/mol. The number of nitrogens with zero attached hydrogens (tertiary/aromatic N) is 1. The predicted octanol–water partition coefficient (Wildman–Crippen LogP) is 2.85. The Balaban J connectivity index is 1.95. The number of hydrogen-bond donors (Lipinski definition) is 2. The number of benzene rings is 1. The Morgan fingerprint density at radius 2 is 2.25 bits per heavy atom. The number of nitrogens with one attached hydrogen (secondary N) is 2. The molecule has 0 saturated carbocycles. The van der Waals surface area contributed by atoms with E-state index in [-0.39, 0.29) is 11.1 Å². The van der Waals surface area contributed by atoms with Crippen molar-refractivity contribution in [2.75, 3.05) is 18.4 Å². The third kappa shape index (κ3) is 1.61. The monoisotopic (exact) mass is 287 g/mol. The van der Waals surface area contributed by atoms with Crippen molar-refractivity contribution < 1.29 is 0 Å². The molecular weight excluding hydrogens is 266 g/mol. The molecule has 1 fully saturated rings. The number of thiocarbonyl (C=S) groups is 1. The minimum absolute atomic E-state index is 0.0868. The lowest BCUT2D eigenvalue weighted by Crippen LogP contribution is -2.58. The van der Waals surface area contributed by atoms with Crippen molar-refractivity contribution in [1.29, 1.82) is 0 Å². The molecule has 3 nitrogen and oxygen atoms in total. The molecule has 106 valence electrons. The molecule has 2 atom stereocenters. The van der Waals surface area contributed by atoms with Gasteiger partial charge in [0, 0.05) is 24.2 Å². The van der Waals surface area contributed by atoms with E-state index in [1.54, 1.807) is 0 Å². The molecule has 0 aromatic heterocycles. The highest BCUT2D eigenvalue weighted by atomic mass is 32.1. The molecule has 1 aromatic rings. The fourth-order valence-corrected chi connectivity index (χ4v) is 3.95. The summed E-state index contributed by atoms with van der Waals surface area (Å²) >= 11 is 5.56. The normalized spacial score (nSPS) is 30.4. The van der Waals surface area contributed by atoms with Gasteiger partial charge < -0.3 is 15.5 Å². The van der Waals surface area contributed by atoms with E-state index in [4.69, 9.17) is 12.2 Å². The Morgan fingerprint density at radius 3 is 3.00 bits per heavy atom. The van der Waals surface area contributed by atoms with Gasteiger partial charge in [0.25, 0.3) is 0 Å². The molecule has 0 spiro atoms. The highest BCUT2D eigenvalue weighted by Gasteiger charge is 2.59. The Morgan fingerprint density at radius 1 is 1.50 bits per heavy atom. The zero-order chi connectivity index (χ0) is 14.4. The van der Waals surface area contributed by atoms with E-state index in [0.29, 0.717) is 6.54 Å². The van der Waals surface area contributed by atoms with Gasteiger partial charge in [-0.05, 0) is 37.2 Å². The number of para-hydroxylation sites is 1. The van der Waals surface area contributed by atoms with Gasteiger partial charge in [-0.2, -0.15) is 0 Å². The first-order chi connectivity index (χ1) is 9.53. The summed E-state index contributed by atoms with van der Waals surface area (Å²) in [4.78, 5) is 2.28. The molecule has 2 aliphatic heterocycles. The van der Waals surface area contributed by atoms with Crippen molar-refractivity contribution in [3.63, 3.8) is 0 Å². The van der Waals surface area contributed by atoms with Crippen molar-refractivity contribution in [2.24, 2.45) is 0 Å². The van der Waals surface area contributed by atoms with Crippen LogP contribution in [-0.2, 0) is 5.41 Å². The van der Waals surface area contributed by atoms with Crippen LogP contribution in [0.2, 0.25) is 0 Å². The predicted molar refractivity (Wildman–Crippen MR) is 87.9 cm³/mol. The van der Waals surface area contributed by atoms with Crippen LogP contribution in [0.25, 0.3) is 0 Å². The maximum atomic E-state index is 5.56. The van der Waals surface area contributed by atoms with Gasteiger partial charge >= 0.3 is 0 Å². The maximum Gasteiger partial charge on any atom is 0.171 e. The Hall–Kier alpha value is -1.55. The molecule has 2 N–H and O–H groups in total. The fraction of sp³-hybridized carbons (Fsp3) is 0.438. The number of anilines is 1. The highest BCUT2D eigenvalue weighted by Crippen LogP contribution is 2.54. The zero-order valence-electron chi connectivity index (χ0n) is 12.1. The summed E-state index contributed by atoms with van der Waals surface area (Å²) in [7, 11) is 0. The van der Waals surface area contributed by atoms with Crippen molar-refractivity contribution in [2.45, 2.75) is 31.3 Å². The lowest BCUT2D eigenvalue weighted by atomic mass is 9.75. The van der Waals surface area contributed by atoms with Crippen molar-refractivity contribution in [1.82, 2.24) is 10.2 Å². The van der Waals surface area contributed by atoms with Gasteiger partial charge in [0.2, 0.25) is 0 Å². The van der Waals surface area contributed by atoms with Gasteiger partial charge in [-0.3, -0.25) is 0 Å². The molecule has 0 unspecified atom stereocenters. The molecule has 1 saturated heterocycles. The second-order valence-electron chi connectivity index (χ2n) is 5.95. The van der Waals surface area contributed by atoms with Crippen LogP contribution in [0.3, 0.4) is 0 Å². The first-order valence-corrected chi connectivity index (χ1v) is 7.48. The Labute approximate surface area is 126 Å². The van der Waals surface area contributed by atoms with Crippen LogP contribution in [0.5, 0.6) is 0 Å². The lowest BCUT2D eigenvalue weighted by molar-refractivity contribution is 0.224. The first-order valence-electron chi connectivity index (χ1n) is 7.07. The Bertz CT molecular complexity index is 571. The topological polar surface area (TPSA) is 27.3 Å². The van der Waals surface area contributed by atoms with Gasteiger partial charge in [0.1, 0.15) is 5.66 Å². The van der Waals surface area contributed by atoms with Crippen LogP contribution in [0.1, 0.15) is 25.8 Å². The van der Waals surface area contributed by atoms with Crippen LogP contribution < -0.4 is 10.6 Å². The molecule has 2 aliphatic rings. The molecule has 3 rings (SSSR count). The van der Waals surface area contributed by atoms with E-state index in [1.165, 1.54) is 11.3 Å². The zero-order valence-corrected chi connectivity index (χ0v) is 12.9. The van der Waals surface area contributed by atoms with Gasteiger partial charge in [-0.15, -0.1) is 6.58 Å². The van der Waals surface area contributed by atoms with E-state index in [0.717, 1.165) is 18.1 Å². The van der Waals surface area contributed by atoms with E-state index in [1.807, 2.05) is 6.08 Å². The Kier molecular flexibility index (Phi) is 3.01. The number of rotatable bonds is 2. The smallest absolute Gasteiger partial charge is 0.171 e. The summed E-state index contributed by atoms with van der Waals surface area (Å²) < 4.78 is 0. The molecule has 0 bridgehead atoms. The number of hydrogen-bond acceptors (Lipinski definition) is 2. The number of fused-ring (bicyclic) bond motifs is 3. The summed E-state index contributed by atoms with van der Waals surface area (Å²) in [5, 5.41) is 7.75. The largest absolute Gasteiger partial charge is 0.362 e. The minimum atomic E-state index is -0.165. The first kappa shape index (κ1) is 13.4. The van der Waals surface area contributed by atoms with Gasteiger partial charge in [-0.1, -0.05) is 31.2 Å². The third-order valence-corrected chi connectivity index (χ3v) is 5.36. The molecule has 0 amide bonds. The van der Waals surface area contributed by atoms with Crippen LogP contribution in [0.15, 0.2) is 36.9 Å². The SMILES string of the molecule is C=CCNC(=S)N1CC[C@]2(C)c3ccccc3N[C@@]12C. The minimum Gasteiger partial charge on any atom is -0.362 e. The fourth-order valence-electron chi connectivity index (χ4n) is 3.60. The van der Waals surface area contributed by atoms with Crippen LogP contribution in [0, 0.1) is 0 Å². The quantitative estimate of drug-likeness (QED) is 0.646. The third-order valence-electron chi connectivity index (χ3n) is 4.99. The van der Waals surface area contributed by atoms with Gasteiger partial charge in [-0.25, -0.2) is 0 Å². The molecule has 2 heterocycles. The van der Waals surface area contributed by atoms with Crippen molar-refractivity contribution in [3.8, 4) is 0 Å². The summed E-state index contributed by atoms with van der Waals surface area (Å²) in [6.07, 6.45) is 2.93. The van der Waals surface area contributed by atoms with E-state index < -0.39 is 0 Å². The van der Waals surface area contributed by atoms with E-state index in [2.05, 4.69) is 60.2 Å². The highest BCUT2D eigenvalue weighted by molar-refractivity contribution is 7.80. The maximum absolute atomic E-state index is 5.56. The van der Waals surface area contributed by atoms with E-state index >= 15 is 0 Å². The molecule has 20 heavy (non-hydrogen) atoms.